The molecule has 7 atom stereocenters. The van der Waals surface area contributed by atoms with E-state index in [0.29, 0.717) is 0 Å². The van der Waals surface area contributed by atoms with Gasteiger partial charge in [-0.1, -0.05) is 12.1 Å². The molecule has 0 aromatic heterocycles. The van der Waals surface area contributed by atoms with E-state index < -0.39 is 76.5 Å². The molecular weight excluding hydrogens is 534 g/mol. The topological polar surface area (TPSA) is 189 Å². The normalized spacial score (nSPS) is 30.5. The lowest BCUT2D eigenvalue weighted by molar-refractivity contribution is -0.250. The largest absolute Gasteiger partial charge is 0.507 e. The summed E-state index contributed by atoms with van der Waals surface area (Å²) in [5.74, 6) is -2.44. The number of ether oxygens (including phenoxy) is 3. The number of hydrogen-bond acceptors (Lipinski definition) is 11. The molecule has 12 heteroatoms. The Balaban J connectivity index is 0.00000353. The molecule has 1 saturated heterocycles. The summed E-state index contributed by atoms with van der Waals surface area (Å²) in [5.41, 5.74) is 3.37. The van der Waals surface area contributed by atoms with Crippen LogP contribution >= 0.6 is 12.4 Å². The van der Waals surface area contributed by atoms with Crippen LogP contribution in [0.5, 0.6) is 17.2 Å². The minimum absolute atomic E-state index is 0. The lowest BCUT2D eigenvalue weighted by Crippen LogP contribution is -2.53. The molecule has 3 aliphatic rings. The number of aliphatic hydroxyl groups is 3. The molecule has 2 aliphatic carbocycles. The Morgan fingerprint density at radius 2 is 1.79 bits per heavy atom. The molecule has 5 rings (SSSR count). The van der Waals surface area contributed by atoms with Crippen molar-refractivity contribution in [3.8, 4) is 17.2 Å². The monoisotopic (exact) mass is 565 g/mol. The number of phenols is 2. The number of phenolic OH excluding ortho intramolecular Hbond substituents is 2. The molecule has 0 spiro atoms. The van der Waals surface area contributed by atoms with E-state index in [1.165, 1.54) is 32.2 Å². The number of methoxy groups -OCH3 is 1. The number of aromatic hydroxyl groups is 2. The maximum absolute atomic E-state index is 13.6. The molecule has 0 bridgehead atoms. The molecule has 212 valence electrons. The Morgan fingerprint density at radius 3 is 2.41 bits per heavy atom. The van der Waals surface area contributed by atoms with Gasteiger partial charge in [0.2, 0.25) is 5.78 Å². The number of fused-ring (bicyclic) bond motifs is 3. The lowest BCUT2D eigenvalue weighted by atomic mass is 9.71. The summed E-state index contributed by atoms with van der Waals surface area (Å²) in [6, 6.07) is 3.80. The van der Waals surface area contributed by atoms with Gasteiger partial charge in [-0.25, -0.2) is 0 Å². The van der Waals surface area contributed by atoms with Gasteiger partial charge in [-0.15, -0.1) is 12.4 Å². The molecule has 1 heterocycles. The first-order chi connectivity index (χ1) is 17.9. The summed E-state index contributed by atoms with van der Waals surface area (Å²) < 4.78 is 17.1. The summed E-state index contributed by atoms with van der Waals surface area (Å²) in [7, 11) is 1.35. The van der Waals surface area contributed by atoms with E-state index in [0.717, 1.165) is 0 Å². The van der Waals surface area contributed by atoms with Gasteiger partial charge in [-0.3, -0.25) is 9.59 Å². The fraction of sp³-hybridized carbons (Fsp3) is 0.481. The first-order valence-electron chi connectivity index (χ1n) is 12.4. The van der Waals surface area contributed by atoms with Gasteiger partial charge < -0.3 is 45.5 Å². The van der Waals surface area contributed by atoms with Crippen molar-refractivity contribution < 1.29 is 49.3 Å². The fourth-order valence-electron chi connectivity index (χ4n) is 5.74. The molecule has 0 radical (unpaired) electrons. The van der Waals surface area contributed by atoms with Crippen LogP contribution in [0.25, 0.3) is 0 Å². The lowest BCUT2D eigenvalue weighted by Gasteiger charge is -2.43. The van der Waals surface area contributed by atoms with E-state index >= 15 is 0 Å². The summed E-state index contributed by atoms with van der Waals surface area (Å²) in [5, 5.41) is 54.7. The molecule has 2 aromatic carbocycles. The number of hydrogen-bond donors (Lipinski definition) is 6. The first-order valence-corrected chi connectivity index (χ1v) is 12.4. The van der Waals surface area contributed by atoms with Gasteiger partial charge in [0.05, 0.1) is 53.8 Å². The average Bonchev–Trinajstić information content (AvgIpc) is 2.87. The van der Waals surface area contributed by atoms with Crippen molar-refractivity contribution in [2.45, 2.75) is 75.5 Å². The minimum atomic E-state index is -1.80. The van der Waals surface area contributed by atoms with Gasteiger partial charge in [0, 0.05) is 42.0 Å². The van der Waals surface area contributed by atoms with Crippen LogP contribution in [-0.2, 0) is 15.9 Å². The van der Waals surface area contributed by atoms with Gasteiger partial charge in [-0.2, -0.15) is 0 Å². The number of halogens is 1. The Bertz CT molecular complexity index is 1320. The molecule has 5 unspecified atom stereocenters. The highest BCUT2D eigenvalue weighted by Crippen LogP contribution is 2.52. The van der Waals surface area contributed by atoms with Crippen molar-refractivity contribution in [3.05, 3.63) is 51.6 Å². The fourth-order valence-corrected chi connectivity index (χ4v) is 5.74. The van der Waals surface area contributed by atoms with Crippen LogP contribution in [0.1, 0.15) is 75.8 Å². The van der Waals surface area contributed by atoms with Gasteiger partial charge in [0.25, 0.3) is 0 Å². The Morgan fingerprint density at radius 1 is 1.13 bits per heavy atom. The highest BCUT2D eigenvalue weighted by molar-refractivity contribution is 6.31. The standard InChI is InChI=1S/C27H31NO10.ClH/c1-10-22(30)14(28)7-17(37-10)38-16-9-27(35,11(2)29)8-13-19(16)26(34)21-20(24(13)32)23(31)12-5-4-6-15(36-3)18(12)25(21)33;/h4-6,10-11,14,16-17,22,29-30,32,34-35H,7-9,28H2,1-3H3;1H/t10?,11?,14?,16-,17?,22?,27-;/m0./s1. The minimum Gasteiger partial charge on any atom is -0.507 e. The zero-order chi connectivity index (χ0) is 27.7. The van der Waals surface area contributed by atoms with E-state index in [2.05, 4.69) is 0 Å². The van der Waals surface area contributed by atoms with Crippen LogP contribution in [0.2, 0.25) is 0 Å². The molecule has 7 N–H and O–H groups in total. The third kappa shape index (κ3) is 4.48. The Hall–Kier alpha value is -2.77. The molecule has 39 heavy (non-hydrogen) atoms. The molecule has 0 amide bonds. The summed E-state index contributed by atoms with van der Waals surface area (Å²) in [6.07, 6.45) is -5.47. The van der Waals surface area contributed by atoms with Crippen molar-refractivity contribution in [1.29, 1.82) is 0 Å². The number of ketones is 2. The van der Waals surface area contributed by atoms with Crippen LogP contribution in [0.15, 0.2) is 18.2 Å². The average molecular weight is 566 g/mol. The van der Waals surface area contributed by atoms with Gasteiger partial charge in [-0.05, 0) is 19.9 Å². The number of carbonyl (C=O) groups is 2. The van der Waals surface area contributed by atoms with Crippen LogP contribution in [0.4, 0.5) is 0 Å². The molecule has 2 aromatic rings. The maximum atomic E-state index is 13.6. The second kappa shape index (κ2) is 10.3. The molecule has 11 nitrogen and oxygen atoms in total. The zero-order valence-corrected chi connectivity index (χ0v) is 22.4. The number of carbonyl (C=O) groups excluding carboxylic acids is 2. The summed E-state index contributed by atoms with van der Waals surface area (Å²) in [4.78, 5) is 27.1. The quantitative estimate of drug-likeness (QED) is 0.250. The SMILES string of the molecule is COc1cccc2c1C(=O)c1c(O)c3c(c(O)c1C2=O)C[C@@](O)(C(C)O)C[C@@H]3OC1CC(N)C(O)C(C)O1.Cl. The zero-order valence-electron chi connectivity index (χ0n) is 21.6. The Labute approximate surface area is 230 Å². The van der Waals surface area contributed by atoms with Crippen LogP contribution in [-0.4, -0.2) is 80.5 Å². The van der Waals surface area contributed by atoms with Crippen molar-refractivity contribution in [1.82, 2.24) is 0 Å². The molecule has 1 aliphatic heterocycles. The number of aliphatic hydroxyl groups excluding tert-OH is 2. The van der Waals surface area contributed by atoms with Crippen molar-refractivity contribution in [3.63, 3.8) is 0 Å². The first kappa shape index (κ1) is 29.2. The van der Waals surface area contributed by atoms with E-state index in [-0.39, 0.29) is 59.7 Å². The highest BCUT2D eigenvalue weighted by Gasteiger charge is 2.49. The third-order valence-corrected chi connectivity index (χ3v) is 7.95. The maximum Gasteiger partial charge on any atom is 0.202 e. The van der Waals surface area contributed by atoms with Gasteiger partial charge in [0.15, 0.2) is 12.1 Å². The van der Waals surface area contributed by atoms with Crippen LogP contribution in [0, 0.1) is 0 Å². The van der Waals surface area contributed by atoms with E-state index in [9.17, 15) is 35.1 Å². The van der Waals surface area contributed by atoms with Crippen molar-refractivity contribution >= 4 is 24.0 Å². The number of rotatable bonds is 4. The van der Waals surface area contributed by atoms with Crippen LogP contribution in [0.3, 0.4) is 0 Å². The highest BCUT2D eigenvalue weighted by atomic mass is 35.5. The second-order valence-electron chi connectivity index (χ2n) is 10.3. The molecule has 0 saturated carbocycles. The predicted octanol–water partition coefficient (Wildman–Crippen LogP) is 1.24. The van der Waals surface area contributed by atoms with E-state index in [1.54, 1.807) is 6.92 Å². The summed E-state index contributed by atoms with van der Waals surface area (Å²) >= 11 is 0. The molecule has 1 fully saturated rings. The van der Waals surface area contributed by atoms with Crippen LogP contribution < -0.4 is 10.5 Å². The second-order valence-corrected chi connectivity index (χ2v) is 10.3. The van der Waals surface area contributed by atoms with Gasteiger partial charge >= 0.3 is 0 Å². The molecular formula is C27H32ClNO10. The van der Waals surface area contributed by atoms with E-state index in [1.807, 2.05) is 0 Å². The third-order valence-electron chi connectivity index (χ3n) is 7.95. The number of benzene rings is 2. The van der Waals surface area contributed by atoms with Crippen molar-refractivity contribution in [2.75, 3.05) is 7.11 Å². The smallest absolute Gasteiger partial charge is 0.202 e. The van der Waals surface area contributed by atoms with E-state index in [4.69, 9.17) is 19.9 Å². The summed E-state index contributed by atoms with van der Waals surface area (Å²) in [6.45, 7) is 3.00. The van der Waals surface area contributed by atoms with Crippen molar-refractivity contribution in [2.24, 2.45) is 5.73 Å². The predicted molar refractivity (Wildman–Crippen MR) is 139 cm³/mol. The number of nitrogens with two attached hydrogens (primary N) is 1. The Kier molecular flexibility index (Phi) is 7.74. The van der Waals surface area contributed by atoms with Gasteiger partial charge in [0.1, 0.15) is 17.2 Å².